The monoisotopic (exact) mass is 480 g/mol. The minimum atomic E-state index is -3.65. The number of hydrogen-bond donors (Lipinski definition) is 1. The van der Waals surface area contributed by atoms with E-state index in [0.717, 1.165) is 9.99 Å². The smallest absolute Gasteiger partial charge is 0.242 e. The third kappa shape index (κ3) is 5.40. The van der Waals surface area contributed by atoms with E-state index < -0.39 is 10.0 Å². The number of benzene rings is 2. The summed E-state index contributed by atoms with van der Waals surface area (Å²) in [5, 5.41) is 3.93. The highest BCUT2D eigenvalue weighted by Gasteiger charge is 2.20. The number of nitrogens with zero attached hydrogens (tertiary/aromatic N) is 3. The number of carbonyl (C=O) groups is 1. The van der Waals surface area contributed by atoms with Crippen molar-refractivity contribution in [3.05, 3.63) is 59.9 Å². The number of carbonyl (C=O) groups excluding carboxylic acids is 1. The van der Waals surface area contributed by atoms with Crippen molar-refractivity contribution in [1.29, 1.82) is 0 Å². The second kappa shape index (κ2) is 9.73. The largest absolute Gasteiger partial charge is 0.495 e. The van der Waals surface area contributed by atoms with Crippen molar-refractivity contribution in [3.8, 4) is 11.4 Å². The van der Waals surface area contributed by atoms with Crippen LogP contribution in [0.4, 0.5) is 5.69 Å². The van der Waals surface area contributed by atoms with Crippen LogP contribution in [-0.4, -0.2) is 55.1 Å². The lowest BCUT2D eigenvalue weighted by Gasteiger charge is -2.15. The lowest BCUT2D eigenvalue weighted by atomic mass is 10.3. The zero-order valence-corrected chi connectivity index (χ0v) is 19.5. The fourth-order valence-corrected chi connectivity index (χ4v) is 4.58. The summed E-state index contributed by atoms with van der Waals surface area (Å²) in [6, 6.07) is 11.6. The zero-order valence-electron chi connectivity index (χ0n) is 17.1. The Labute approximate surface area is 190 Å². The Hall–Kier alpha value is -2.53. The molecule has 164 valence electrons. The number of hydrogen-bond acceptors (Lipinski definition) is 6. The van der Waals surface area contributed by atoms with E-state index in [9.17, 15) is 13.2 Å². The van der Waals surface area contributed by atoms with Gasteiger partial charge in [-0.2, -0.15) is 0 Å². The summed E-state index contributed by atoms with van der Waals surface area (Å²) >= 11 is 7.30. The molecule has 0 radical (unpaired) electrons. The number of aromatic nitrogens is 2. The van der Waals surface area contributed by atoms with Crippen molar-refractivity contribution < 1.29 is 17.9 Å². The fourth-order valence-electron chi connectivity index (χ4n) is 2.69. The highest BCUT2D eigenvalue weighted by atomic mass is 35.5. The molecule has 8 nitrogen and oxygen atoms in total. The van der Waals surface area contributed by atoms with Gasteiger partial charge in [0.1, 0.15) is 5.75 Å². The van der Waals surface area contributed by atoms with Crippen LogP contribution in [0.3, 0.4) is 0 Å². The molecule has 3 aromatic rings. The number of anilines is 1. The molecule has 0 saturated heterocycles. The molecule has 1 amide bonds. The maximum absolute atomic E-state index is 12.6. The zero-order chi connectivity index (χ0) is 22.6. The van der Waals surface area contributed by atoms with E-state index in [1.165, 1.54) is 51.2 Å². The molecule has 0 bridgehead atoms. The molecule has 0 aliphatic rings. The van der Waals surface area contributed by atoms with E-state index in [4.69, 9.17) is 16.3 Å². The van der Waals surface area contributed by atoms with Crippen molar-refractivity contribution in [2.45, 2.75) is 10.1 Å². The Kier molecular flexibility index (Phi) is 7.26. The minimum absolute atomic E-state index is 0.0535. The van der Waals surface area contributed by atoms with Gasteiger partial charge in [-0.1, -0.05) is 29.4 Å². The van der Waals surface area contributed by atoms with Gasteiger partial charge in [0.2, 0.25) is 15.9 Å². The van der Waals surface area contributed by atoms with Crippen molar-refractivity contribution in [3.63, 3.8) is 0 Å². The summed E-state index contributed by atoms with van der Waals surface area (Å²) in [4.78, 5) is 16.9. The topological polar surface area (TPSA) is 93.5 Å². The van der Waals surface area contributed by atoms with Crippen LogP contribution in [0, 0.1) is 0 Å². The molecule has 0 unspecified atom stereocenters. The SMILES string of the molecule is COc1ccc(S(=O)(=O)N(C)C)cc1NC(=O)CSc1nccn1-c1cccc(Cl)c1. The molecule has 0 aliphatic heterocycles. The first-order valence-corrected chi connectivity index (χ1v) is 11.8. The molecule has 0 saturated carbocycles. The molecular weight excluding hydrogens is 460 g/mol. The third-order valence-corrected chi connectivity index (χ3v) is 7.26. The normalized spacial score (nSPS) is 11.5. The highest BCUT2D eigenvalue weighted by molar-refractivity contribution is 7.99. The summed E-state index contributed by atoms with van der Waals surface area (Å²) in [7, 11) is 0.677. The molecule has 1 N–H and O–H groups in total. The average molecular weight is 481 g/mol. The van der Waals surface area contributed by atoms with E-state index in [2.05, 4.69) is 10.3 Å². The second-order valence-corrected chi connectivity index (χ2v) is 10.1. The van der Waals surface area contributed by atoms with Gasteiger partial charge in [-0.3, -0.25) is 9.36 Å². The van der Waals surface area contributed by atoms with Crippen molar-refractivity contribution in [2.24, 2.45) is 0 Å². The number of sulfonamides is 1. The van der Waals surface area contributed by atoms with Gasteiger partial charge in [0.25, 0.3) is 0 Å². The van der Waals surface area contributed by atoms with Crippen molar-refractivity contribution >= 4 is 45.0 Å². The van der Waals surface area contributed by atoms with Crippen LogP contribution in [0.5, 0.6) is 5.75 Å². The molecule has 2 aromatic carbocycles. The number of amides is 1. The first kappa shape index (κ1) is 23.1. The molecule has 1 heterocycles. The molecule has 11 heteroatoms. The molecule has 31 heavy (non-hydrogen) atoms. The van der Waals surface area contributed by atoms with Gasteiger partial charge < -0.3 is 10.1 Å². The summed E-state index contributed by atoms with van der Waals surface area (Å²) in [6.45, 7) is 0. The quantitative estimate of drug-likeness (QED) is 0.496. The molecule has 0 spiro atoms. The van der Waals surface area contributed by atoms with Crippen LogP contribution in [0.2, 0.25) is 5.02 Å². The number of thioether (sulfide) groups is 1. The van der Waals surface area contributed by atoms with E-state index >= 15 is 0 Å². The highest BCUT2D eigenvalue weighted by Crippen LogP contribution is 2.29. The van der Waals surface area contributed by atoms with Crippen LogP contribution in [-0.2, 0) is 14.8 Å². The van der Waals surface area contributed by atoms with Gasteiger partial charge >= 0.3 is 0 Å². The van der Waals surface area contributed by atoms with Crippen LogP contribution >= 0.6 is 23.4 Å². The average Bonchev–Trinajstić information content (AvgIpc) is 3.20. The van der Waals surface area contributed by atoms with Gasteiger partial charge in [0.05, 0.1) is 23.4 Å². The maximum Gasteiger partial charge on any atom is 0.242 e. The maximum atomic E-state index is 12.6. The van der Waals surface area contributed by atoms with Gasteiger partial charge in [-0.15, -0.1) is 0 Å². The number of ether oxygens (including phenoxy) is 1. The second-order valence-electron chi connectivity index (χ2n) is 6.55. The number of methoxy groups -OCH3 is 1. The predicted octanol–water partition coefficient (Wildman–Crippen LogP) is 3.52. The molecule has 0 fully saturated rings. The summed E-state index contributed by atoms with van der Waals surface area (Å²) < 4.78 is 33.0. The number of halogens is 1. The summed E-state index contributed by atoms with van der Waals surface area (Å²) in [5.74, 6) is 0.0885. The van der Waals surface area contributed by atoms with Crippen LogP contribution in [0.25, 0.3) is 5.69 Å². The number of nitrogens with one attached hydrogen (secondary N) is 1. The molecule has 3 rings (SSSR count). The van der Waals surface area contributed by atoms with Crippen LogP contribution in [0.15, 0.2) is 64.9 Å². The standard InChI is InChI=1S/C20H21ClN4O4S2/c1-24(2)31(27,28)16-7-8-18(29-3)17(12-16)23-19(26)13-30-20-22-9-10-25(20)15-6-4-5-14(21)11-15/h4-12H,13H2,1-3H3,(H,23,26). The summed E-state index contributed by atoms with van der Waals surface area (Å²) in [6.07, 6.45) is 3.42. The molecule has 1 aromatic heterocycles. The Morgan fingerprint density at radius 1 is 1.26 bits per heavy atom. The Balaban J connectivity index is 1.74. The molecule has 0 aliphatic carbocycles. The number of rotatable bonds is 8. The van der Waals surface area contributed by atoms with E-state index in [1.807, 2.05) is 16.7 Å². The van der Waals surface area contributed by atoms with Gasteiger partial charge in [0.15, 0.2) is 5.16 Å². The van der Waals surface area contributed by atoms with Crippen molar-refractivity contribution in [2.75, 3.05) is 32.3 Å². The fraction of sp³-hybridized carbons (Fsp3) is 0.200. The summed E-state index contributed by atoms with van der Waals surface area (Å²) in [5.41, 5.74) is 1.10. The Bertz CT molecular complexity index is 1200. The van der Waals surface area contributed by atoms with E-state index in [1.54, 1.807) is 24.5 Å². The molecule has 0 atom stereocenters. The lowest BCUT2D eigenvalue weighted by molar-refractivity contribution is -0.113. The van der Waals surface area contributed by atoms with Crippen LogP contribution in [0.1, 0.15) is 0 Å². The third-order valence-electron chi connectivity index (χ3n) is 4.25. The Morgan fingerprint density at radius 3 is 2.71 bits per heavy atom. The van der Waals surface area contributed by atoms with E-state index in [-0.39, 0.29) is 22.2 Å². The van der Waals surface area contributed by atoms with Crippen molar-refractivity contribution in [1.82, 2.24) is 13.9 Å². The first-order valence-electron chi connectivity index (χ1n) is 9.05. The van der Waals surface area contributed by atoms with E-state index in [0.29, 0.717) is 15.9 Å². The van der Waals surface area contributed by atoms with Gasteiger partial charge in [0, 0.05) is 37.2 Å². The van der Waals surface area contributed by atoms with Gasteiger partial charge in [-0.05, 0) is 36.4 Å². The minimum Gasteiger partial charge on any atom is -0.495 e. The first-order chi connectivity index (χ1) is 14.7. The lowest BCUT2D eigenvalue weighted by Crippen LogP contribution is -2.22. The predicted molar refractivity (Wildman–Crippen MR) is 122 cm³/mol. The van der Waals surface area contributed by atoms with Crippen LogP contribution < -0.4 is 10.1 Å². The Morgan fingerprint density at radius 2 is 2.03 bits per heavy atom. The van der Waals surface area contributed by atoms with Gasteiger partial charge in [-0.25, -0.2) is 17.7 Å². The molecular formula is C20H21ClN4O4S2. The number of imidazole rings is 1.